The lowest BCUT2D eigenvalue weighted by Gasteiger charge is -2.03. The predicted octanol–water partition coefficient (Wildman–Crippen LogP) is 2.59. The molecule has 1 aromatic rings. The SMILES string of the molecule is CCOC(=O)CSCc1ccc(F)c(O)c1.COC. The van der Waals surface area contributed by atoms with Crippen LogP contribution in [0.25, 0.3) is 0 Å². The summed E-state index contributed by atoms with van der Waals surface area (Å²) < 4.78 is 21.7. The number of rotatable bonds is 5. The molecule has 0 fully saturated rings. The monoisotopic (exact) mass is 290 g/mol. The van der Waals surface area contributed by atoms with E-state index >= 15 is 0 Å². The molecule has 0 atom stereocenters. The Labute approximate surface area is 116 Å². The summed E-state index contributed by atoms with van der Waals surface area (Å²) in [6.07, 6.45) is 0. The second-order valence-corrected chi connectivity index (χ2v) is 4.48. The molecule has 0 radical (unpaired) electrons. The van der Waals surface area contributed by atoms with Gasteiger partial charge in [0.25, 0.3) is 0 Å². The largest absolute Gasteiger partial charge is 0.505 e. The minimum atomic E-state index is -0.640. The summed E-state index contributed by atoms with van der Waals surface area (Å²) in [7, 11) is 3.25. The molecule has 0 aliphatic carbocycles. The van der Waals surface area contributed by atoms with Crippen LogP contribution in [0.15, 0.2) is 18.2 Å². The van der Waals surface area contributed by atoms with E-state index in [-0.39, 0.29) is 17.5 Å². The third-order valence-corrected chi connectivity index (χ3v) is 2.78. The number of hydrogen-bond donors (Lipinski definition) is 1. The molecule has 19 heavy (non-hydrogen) atoms. The molecular formula is C13H19FO4S. The standard InChI is InChI=1S/C11H13FO3S.C2H6O/c1-2-15-11(14)7-16-6-8-3-4-9(12)10(13)5-8;1-3-2/h3-5,13H,2,6-7H2,1H3;1-2H3. The predicted molar refractivity (Wildman–Crippen MR) is 73.8 cm³/mol. The van der Waals surface area contributed by atoms with Gasteiger partial charge in [-0.1, -0.05) is 6.07 Å². The van der Waals surface area contributed by atoms with E-state index in [1.54, 1.807) is 27.2 Å². The molecule has 0 aromatic heterocycles. The number of phenolic OH excluding ortho intramolecular Hbond substituents is 1. The number of carbonyl (C=O) groups excluding carboxylic acids is 1. The highest BCUT2D eigenvalue weighted by atomic mass is 32.2. The quantitative estimate of drug-likeness (QED) is 0.845. The van der Waals surface area contributed by atoms with Crippen molar-refractivity contribution in [3.05, 3.63) is 29.6 Å². The van der Waals surface area contributed by atoms with E-state index in [4.69, 9.17) is 9.84 Å². The third-order valence-electron chi connectivity index (χ3n) is 1.80. The molecule has 0 bridgehead atoms. The Hall–Kier alpha value is -1.27. The van der Waals surface area contributed by atoms with Crippen molar-refractivity contribution < 1.29 is 23.8 Å². The summed E-state index contributed by atoms with van der Waals surface area (Å²) >= 11 is 1.36. The van der Waals surface area contributed by atoms with Crippen LogP contribution in [0.2, 0.25) is 0 Å². The van der Waals surface area contributed by atoms with Gasteiger partial charge in [0.05, 0.1) is 12.4 Å². The fraction of sp³-hybridized carbons (Fsp3) is 0.462. The number of methoxy groups -OCH3 is 1. The number of esters is 1. The number of halogens is 1. The Bertz CT molecular complexity index is 385. The molecule has 0 aliphatic heterocycles. The van der Waals surface area contributed by atoms with Gasteiger partial charge in [-0.2, -0.15) is 0 Å². The highest BCUT2D eigenvalue weighted by molar-refractivity contribution is 7.99. The van der Waals surface area contributed by atoms with E-state index in [1.165, 1.54) is 23.9 Å². The minimum absolute atomic E-state index is 0.256. The fourth-order valence-corrected chi connectivity index (χ4v) is 1.87. The van der Waals surface area contributed by atoms with Crippen molar-refractivity contribution in [1.29, 1.82) is 0 Å². The molecule has 4 nitrogen and oxygen atoms in total. The lowest BCUT2D eigenvalue weighted by Crippen LogP contribution is -2.06. The number of benzene rings is 1. The van der Waals surface area contributed by atoms with E-state index < -0.39 is 5.82 Å². The zero-order valence-electron chi connectivity index (χ0n) is 11.3. The molecule has 0 heterocycles. The average Bonchev–Trinajstić information content (AvgIpc) is 2.35. The molecule has 0 spiro atoms. The Morgan fingerprint density at radius 2 is 2.05 bits per heavy atom. The highest BCUT2D eigenvalue weighted by Gasteiger charge is 2.04. The van der Waals surface area contributed by atoms with Crippen molar-refractivity contribution in [2.24, 2.45) is 0 Å². The minimum Gasteiger partial charge on any atom is -0.505 e. The van der Waals surface area contributed by atoms with Crippen molar-refractivity contribution in [2.45, 2.75) is 12.7 Å². The van der Waals surface area contributed by atoms with Crippen LogP contribution in [-0.2, 0) is 20.0 Å². The van der Waals surface area contributed by atoms with E-state index in [1.807, 2.05) is 0 Å². The number of phenols is 1. The van der Waals surface area contributed by atoms with E-state index in [0.717, 1.165) is 5.56 Å². The first-order valence-electron chi connectivity index (χ1n) is 5.66. The van der Waals surface area contributed by atoms with Gasteiger partial charge in [0, 0.05) is 20.0 Å². The zero-order chi connectivity index (χ0) is 14.7. The maximum atomic E-state index is 12.7. The van der Waals surface area contributed by atoms with Crippen LogP contribution in [0.5, 0.6) is 5.75 Å². The van der Waals surface area contributed by atoms with E-state index in [0.29, 0.717) is 12.4 Å². The van der Waals surface area contributed by atoms with Crippen molar-refractivity contribution in [2.75, 3.05) is 26.6 Å². The first-order chi connectivity index (χ1) is 9.04. The molecule has 1 rings (SSSR count). The zero-order valence-corrected chi connectivity index (χ0v) is 12.1. The Morgan fingerprint density at radius 3 is 2.58 bits per heavy atom. The number of thioether (sulfide) groups is 1. The number of carbonyl (C=O) groups is 1. The maximum Gasteiger partial charge on any atom is 0.315 e. The van der Waals surface area contributed by atoms with Gasteiger partial charge in [-0.3, -0.25) is 4.79 Å². The highest BCUT2D eigenvalue weighted by Crippen LogP contribution is 2.20. The summed E-state index contributed by atoms with van der Waals surface area (Å²) in [5.74, 6) is -0.481. The van der Waals surface area contributed by atoms with Crippen LogP contribution in [0.4, 0.5) is 4.39 Å². The van der Waals surface area contributed by atoms with Crippen LogP contribution < -0.4 is 0 Å². The lowest BCUT2D eigenvalue weighted by molar-refractivity contribution is -0.139. The second-order valence-electron chi connectivity index (χ2n) is 3.49. The lowest BCUT2D eigenvalue weighted by atomic mass is 10.2. The smallest absolute Gasteiger partial charge is 0.315 e. The van der Waals surface area contributed by atoms with Crippen LogP contribution in [0.1, 0.15) is 12.5 Å². The molecular weight excluding hydrogens is 271 g/mol. The van der Waals surface area contributed by atoms with Gasteiger partial charge in [0.1, 0.15) is 0 Å². The molecule has 0 saturated carbocycles. The van der Waals surface area contributed by atoms with E-state index in [2.05, 4.69) is 4.74 Å². The van der Waals surface area contributed by atoms with Gasteiger partial charge in [-0.15, -0.1) is 11.8 Å². The van der Waals surface area contributed by atoms with Crippen molar-refractivity contribution >= 4 is 17.7 Å². The molecule has 0 saturated heterocycles. The number of ether oxygens (including phenoxy) is 2. The Balaban J connectivity index is 0.000000982. The normalized spacial score (nSPS) is 9.47. The third kappa shape index (κ3) is 8.45. The van der Waals surface area contributed by atoms with Crippen LogP contribution >= 0.6 is 11.8 Å². The summed E-state index contributed by atoms with van der Waals surface area (Å²) in [5.41, 5.74) is 0.771. The molecule has 108 valence electrons. The van der Waals surface area contributed by atoms with Gasteiger partial charge in [0.2, 0.25) is 0 Å². The molecule has 0 aliphatic rings. The summed E-state index contributed by atoms with van der Waals surface area (Å²) in [4.78, 5) is 11.0. The molecule has 0 unspecified atom stereocenters. The second kappa shape index (κ2) is 10.6. The fourth-order valence-electron chi connectivity index (χ4n) is 1.10. The van der Waals surface area contributed by atoms with Gasteiger partial charge >= 0.3 is 5.97 Å². The first-order valence-corrected chi connectivity index (χ1v) is 6.81. The van der Waals surface area contributed by atoms with Gasteiger partial charge < -0.3 is 14.6 Å². The number of hydrogen-bond acceptors (Lipinski definition) is 5. The maximum absolute atomic E-state index is 12.7. The molecule has 1 aromatic carbocycles. The van der Waals surface area contributed by atoms with Crippen molar-refractivity contribution in [3.63, 3.8) is 0 Å². The van der Waals surface area contributed by atoms with Crippen LogP contribution in [0, 0.1) is 5.82 Å². The summed E-state index contributed by atoms with van der Waals surface area (Å²) in [5, 5.41) is 9.12. The Kier molecular flexibility index (Phi) is 9.92. The average molecular weight is 290 g/mol. The molecule has 6 heteroatoms. The first kappa shape index (κ1) is 17.7. The summed E-state index contributed by atoms with van der Waals surface area (Å²) in [6.45, 7) is 2.12. The molecule has 0 amide bonds. The number of aromatic hydroxyl groups is 1. The van der Waals surface area contributed by atoms with Gasteiger partial charge in [-0.25, -0.2) is 4.39 Å². The van der Waals surface area contributed by atoms with Crippen molar-refractivity contribution in [3.8, 4) is 5.75 Å². The Morgan fingerprint density at radius 1 is 1.42 bits per heavy atom. The van der Waals surface area contributed by atoms with Gasteiger partial charge in [0.15, 0.2) is 11.6 Å². The van der Waals surface area contributed by atoms with E-state index in [9.17, 15) is 9.18 Å². The van der Waals surface area contributed by atoms with Crippen LogP contribution in [0.3, 0.4) is 0 Å². The summed E-state index contributed by atoms with van der Waals surface area (Å²) in [6, 6.07) is 4.14. The topological polar surface area (TPSA) is 55.8 Å². The molecule has 1 N–H and O–H groups in total. The van der Waals surface area contributed by atoms with Crippen LogP contribution in [-0.4, -0.2) is 37.7 Å². The van der Waals surface area contributed by atoms with Gasteiger partial charge in [-0.05, 0) is 24.6 Å². The van der Waals surface area contributed by atoms with Crippen molar-refractivity contribution in [1.82, 2.24) is 0 Å².